The molecule has 0 saturated carbocycles. The number of hydrogen-bond acceptors (Lipinski definition) is 3. The van der Waals surface area contributed by atoms with Gasteiger partial charge in [0.1, 0.15) is 0 Å². The smallest absolute Gasteiger partial charge is 0.236 e. The number of nitrogens with one attached hydrogen (secondary N) is 1. The first-order chi connectivity index (χ1) is 10.2. The summed E-state index contributed by atoms with van der Waals surface area (Å²) in [4.78, 5) is 16.2. The first-order valence-electron chi connectivity index (χ1n) is 7.98. The zero-order valence-electron chi connectivity index (χ0n) is 12.8. The van der Waals surface area contributed by atoms with Crippen molar-refractivity contribution < 1.29 is 4.79 Å². The summed E-state index contributed by atoms with van der Waals surface area (Å²) in [6.45, 7) is 0. The number of amides is 1. The summed E-state index contributed by atoms with van der Waals surface area (Å²) < 4.78 is 0. The minimum absolute atomic E-state index is 0. The van der Waals surface area contributed by atoms with Gasteiger partial charge in [-0.2, -0.15) is 0 Å². The predicted octanol–water partition coefficient (Wildman–Crippen LogP) is 2.87. The standard InChI is InChI=1S/C17H22N2OS.ClH/c1-19(14-9-12-6-7-13(10-14)18-12)17(20)16-8-11-4-2-3-5-15(11)21-16;/h2-5,12-14,16,18H,6-10H2,1H3;1H. The Kier molecular flexibility index (Phi) is 4.72. The maximum Gasteiger partial charge on any atom is 0.236 e. The summed E-state index contributed by atoms with van der Waals surface area (Å²) in [5.74, 6) is 0.322. The van der Waals surface area contributed by atoms with Gasteiger partial charge in [-0.15, -0.1) is 24.2 Å². The van der Waals surface area contributed by atoms with E-state index < -0.39 is 0 Å². The number of rotatable bonds is 2. The number of fused-ring (bicyclic) bond motifs is 3. The van der Waals surface area contributed by atoms with E-state index in [1.54, 1.807) is 11.8 Å². The first-order valence-corrected chi connectivity index (χ1v) is 8.86. The third-order valence-corrected chi connectivity index (χ3v) is 6.57. The molecule has 2 fully saturated rings. The fourth-order valence-electron chi connectivity index (χ4n) is 4.07. The Balaban J connectivity index is 0.00000144. The highest BCUT2D eigenvalue weighted by molar-refractivity contribution is 8.01. The molecular formula is C17H23ClN2OS. The highest BCUT2D eigenvalue weighted by Crippen LogP contribution is 2.38. The van der Waals surface area contributed by atoms with Gasteiger partial charge in [0.15, 0.2) is 0 Å². The average Bonchev–Trinajstić information content (AvgIpc) is 3.08. The minimum Gasteiger partial charge on any atom is -0.342 e. The van der Waals surface area contributed by atoms with Crippen LogP contribution in [0, 0.1) is 0 Å². The van der Waals surface area contributed by atoms with Crippen molar-refractivity contribution in [2.45, 2.75) is 60.4 Å². The summed E-state index contributed by atoms with van der Waals surface area (Å²) in [5.41, 5.74) is 1.33. The first kappa shape index (κ1) is 16.2. The molecular weight excluding hydrogens is 316 g/mol. The van der Waals surface area contributed by atoms with Gasteiger partial charge in [-0.3, -0.25) is 4.79 Å². The van der Waals surface area contributed by atoms with Gasteiger partial charge in [0.05, 0.1) is 5.25 Å². The summed E-state index contributed by atoms with van der Waals surface area (Å²) in [7, 11) is 2.02. The molecule has 1 aromatic rings. The Morgan fingerprint density at radius 3 is 2.59 bits per heavy atom. The van der Waals surface area contributed by atoms with E-state index >= 15 is 0 Å². The molecule has 0 aromatic heterocycles. The second kappa shape index (κ2) is 6.42. The second-order valence-electron chi connectivity index (χ2n) is 6.63. The van der Waals surface area contributed by atoms with Gasteiger partial charge < -0.3 is 10.2 Å². The molecule has 0 radical (unpaired) electrons. The molecule has 1 N–H and O–H groups in total. The minimum atomic E-state index is 0. The Labute approximate surface area is 142 Å². The van der Waals surface area contributed by atoms with E-state index in [-0.39, 0.29) is 17.7 Å². The molecule has 3 atom stereocenters. The molecule has 3 aliphatic heterocycles. The highest BCUT2D eigenvalue weighted by atomic mass is 35.5. The van der Waals surface area contributed by atoms with Crippen LogP contribution in [0.2, 0.25) is 0 Å². The molecule has 120 valence electrons. The molecule has 3 nitrogen and oxygen atoms in total. The topological polar surface area (TPSA) is 32.3 Å². The maximum atomic E-state index is 12.8. The SMILES string of the molecule is CN(C(=O)C1Cc2ccccc2S1)C1CC2CCC(C1)N2.Cl. The van der Waals surface area contributed by atoms with Crippen molar-refractivity contribution >= 4 is 30.1 Å². The molecule has 1 aromatic carbocycles. The lowest BCUT2D eigenvalue weighted by atomic mass is 9.98. The molecule has 1 amide bonds. The monoisotopic (exact) mass is 338 g/mol. The zero-order valence-corrected chi connectivity index (χ0v) is 14.5. The van der Waals surface area contributed by atoms with Gasteiger partial charge in [0.2, 0.25) is 5.91 Å². The highest BCUT2D eigenvalue weighted by Gasteiger charge is 2.38. The molecule has 3 heterocycles. The van der Waals surface area contributed by atoms with Crippen LogP contribution in [0.5, 0.6) is 0 Å². The summed E-state index contributed by atoms with van der Waals surface area (Å²) >= 11 is 1.75. The van der Waals surface area contributed by atoms with Crippen molar-refractivity contribution in [2.24, 2.45) is 0 Å². The number of carbonyl (C=O) groups is 1. The van der Waals surface area contributed by atoms with Gasteiger partial charge in [-0.1, -0.05) is 18.2 Å². The van der Waals surface area contributed by atoms with E-state index in [0.717, 1.165) is 19.3 Å². The van der Waals surface area contributed by atoms with Crippen LogP contribution < -0.4 is 5.32 Å². The quantitative estimate of drug-likeness (QED) is 0.900. The molecule has 2 bridgehead atoms. The van der Waals surface area contributed by atoms with Crippen molar-refractivity contribution in [3.63, 3.8) is 0 Å². The van der Waals surface area contributed by atoms with Crippen LogP contribution in [0.1, 0.15) is 31.2 Å². The van der Waals surface area contributed by atoms with Gasteiger partial charge in [-0.25, -0.2) is 0 Å². The molecule has 4 rings (SSSR count). The van der Waals surface area contributed by atoms with Crippen molar-refractivity contribution in [3.05, 3.63) is 29.8 Å². The molecule has 3 aliphatic rings. The van der Waals surface area contributed by atoms with Gasteiger partial charge >= 0.3 is 0 Å². The van der Waals surface area contributed by atoms with Crippen LogP contribution in [0.15, 0.2) is 29.2 Å². The van der Waals surface area contributed by atoms with E-state index in [1.165, 1.54) is 23.3 Å². The summed E-state index contributed by atoms with van der Waals surface area (Å²) in [6, 6.07) is 10.1. The van der Waals surface area contributed by atoms with Crippen molar-refractivity contribution in [2.75, 3.05) is 7.05 Å². The van der Waals surface area contributed by atoms with E-state index in [9.17, 15) is 4.79 Å². The number of halogens is 1. The molecule has 0 spiro atoms. The van der Waals surface area contributed by atoms with Crippen LogP contribution in [0.25, 0.3) is 0 Å². The zero-order chi connectivity index (χ0) is 14.4. The van der Waals surface area contributed by atoms with Crippen LogP contribution >= 0.6 is 24.2 Å². The normalized spacial score (nSPS) is 32.2. The Hall–Kier alpha value is -0.710. The third kappa shape index (κ3) is 2.89. The van der Waals surface area contributed by atoms with Crippen molar-refractivity contribution in [1.29, 1.82) is 0 Å². The van der Waals surface area contributed by atoms with Gasteiger partial charge in [-0.05, 0) is 43.7 Å². The van der Waals surface area contributed by atoms with E-state index in [2.05, 4.69) is 34.5 Å². The van der Waals surface area contributed by atoms with Crippen LogP contribution in [-0.4, -0.2) is 41.2 Å². The van der Waals surface area contributed by atoms with Gasteiger partial charge in [0.25, 0.3) is 0 Å². The second-order valence-corrected chi connectivity index (χ2v) is 7.88. The average molecular weight is 339 g/mol. The Bertz CT molecular complexity index is 530. The van der Waals surface area contributed by atoms with E-state index in [0.29, 0.717) is 24.0 Å². The predicted molar refractivity (Wildman–Crippen MR) is 92.8 cm³/mol. The number of hydrogen-bond donors (Lipinski definition) is 1. The molecule has 22 heavy (non-hydrogen) atoms. The lowest BCUT2D eigenvalue weighted by Gasteiger charge is -2.36. The number of thioether (sulfide) groups is 1. The number of piperidine rings is 1. The van der Waals surface area contributed by atoms with Crippen LogP contribution in [0.3, 0.4) is 0 Å². The Morgan fingerprint density at radius 1 is 1.23 bits per heavy atom. The summed E-state index contributed by atoms with van der Waals surface area (Å²) in [6.07, 6.45) is 5.72. The van der Waals surface area contributed by atoms with E-state index in [4.69, 9.17) is 0 Å². The number of carbonyl (C=O) groups excluding carboxylic acids is 1. The largest absolute Gasteiger partial charge is 0.342 e. The fraction of sp³-hybridized carbons (Fsp3) is 0.588. The maximum absolute atomic E-state index is 12.8. The van der Waals surface area contributed by atoms with Gasteiger partial charge in [0, 0.05) is 30.1 Å². The molecule has 2 saturated heterocycles. The molecule has 0 aliphatic carbocycles. The number of benzene rings is 1. The van der Waals surface area contributed by atoms with Crippen molar-refractivity contribution in [1.82, 2.24) is 10.2 Å². The lowest BCUT2D eigenvalue weighted by Crippen LogP contribution is -2.50. The number of nitrogens with zero attached hydrogens (tertiary/aromatic N) is 1. The summed E-state index contributed by atoms with van der Waals surface area (Å²) in [5, 5.41) is 3.74. The lowest BCUT2D eigenvalue weighted by molar-refractivity contribution is -0.132. The third-order valence-electron chi connectivity index (χ3n) is 5.27. The molecule has 5 heteroatoms. The molecule has 3 unspecified atom stereocenters. The van der Waals surface area contributed by atoms with Crippen LogP contribution in [-0.2, 0) is 11.2 Å². The van der Waals surface area contributed by atoms with Crippen molar-refractivity contribution in [3.8, 4) is 0 Å². The fourth-order valence-corrected chi connectivity index (χ4v) is 5.37. The Morgan fingerprint density at radius 2 is 1.91 bits per heavy atom. The van der Waals surface area contributed by atoms with Crippen LogP contribution in [0.4, 0.5) is 0 Å². The van der Waals surface area contributed by atoms with E-state index in [1.807, 2.05) is 7.05 Å².